The van der Waals surface area contributed by atoms with Gasteiger partial charge in [-0.3, -0.25) is 9.20 Å². The van der Waals surface area contributed by atoms with Crippen molar-refractivity contribution in [2.24, 2.45) is 5.73 Å². The van der Waals surface area contributed by atoms with Crippen LogP contribution in [-0.2, 0) is 14.8 Å². The molecular weight excluding hydrogens is 316 g/mol. The van der Waals surface area contributed by atoms with Crippen LogP contribution < -0.4 is 10.5 Å². The molecule has 0 aliphatic heterocycles. The van der Waals surface area contributed by atoms with Crippen molar-refractivity contribution in [3.8, 4) is 0 Å². The van der Waals surface area contributed by atoms with Gasteiger partial charge in [0.25, 0.3) is 10.0 Å². The minimum Gasteiger partial charge on any atom is -0.370 e. The zero-order chi connectivity index (χ0) is 15.8. The van der Waals surface area contributed by atoms with Gasteiger partial charge in [-0.05, 0) is 26.0 Å². The second-order valence-corrected chi connectivity index (χ2v) is 7.22. The van der Waals surface area contributed by atoms with E-state index in [4.69, 9.17) is 17.3 Å². The van der Waals surface area contributed by atoms with Crippen molar-refractivity contribution in [3.63, 3.8) is 0 Å². The number of aromatic nitrogens is 2. The van der Waals surface area contributed by atoms with Gasteiger partial charge in [0.15, 0.2) is 10.2 Å². The van der Waals surface area contributed by atoms with Gasteiger partial charge in [0.2, 0.25) is 5.91 Å². The Bertz CT molecular complexity index is 798. The van der Waals surface area contributed by atoms with Crippen LogP contribution in [0.1, 0.15) is 20.3 Å². The van der Waals surface area contributed by atoms with Gasteiger partial charge in [0.1, 0.15) is 5.65 Å². The summed E-state index contributed by atoms with van der Waals surface area (Å²) in [6.45, 7) is 3.12. The number of nitrogens with two attached hydrogens (primary N) is 1. The lowest BCUT2D eigenvalue weighted by Crippen LogP contribution is -2.46. The molecule has 0 saturated heterocycles. The summed E-state index contributed by atoms with van der Waals surface area (Å²) in [5, 5.41) is -0.305. The van der Waals surface area contributed by atoms with Gasteiger partial charge in [0, 0.05) is 18.2 Å². The average Bonchev–Trinajstić information content (AvgIpc) is 2.61. The maximum atomic E-state index is 12.5. The largest absolute Gasteiger partial charge is 0.370 e. The van der Waals surface area contributed by atoms with Crippen molar-refractivity contribution in [3.05, 3.63) is 29.5 Å². The van der Waals surface area contributed by atoms with Crippen LogP contribution in [0.4, 0.5) is 0 Å². The third kappa shape index (κ3) is 3.34. The first-order valence-electron chi connectivity index (χ1n) is 6.07. The molecule has 0 bridgehead atoms. The fraction of sp³-hybridized carbons (Fsp3) is 0.333. The van der Waals surface area contributed by atoms with Crippen LogP contribution >= 0.6 is 11.6 Å². The van der Waals surface area contributed by atoms with E-state index < -0.39 is 21.5 Å². The van der Waals surface area contributed by atoms with E-state index in [0.717, 1.165) is 0 Å². The zero-order valence-corrected chi connectivity index (χ0v) is 13.1. The van der Waals surface area contributed by atoms with Gasteiger partial charge in [0.05, 0.1) is 0 Å². The Morgan fingerprint density at radius 1 is 1.48 bits per heavy atom. The summed E-state index contributed by atoms with van der Waals surface area (Å²) in [6.07, 6.45) is 1.41. The van der Waals surface area contributed by atoms with Gasteiger partial charge >= 0.3 is 0 Å². The molecule has 0 aromatic carbocycles. The van der Waals surface area contributed by atoms with Gasteiger partial charge in [-0.2, -0.15) is 0 Å². The summed E-state index contributed by atoms with van der Waals surface area (Å²) < 4.78 is 28.8. The first-order chi connectivity index (χ1) is 9.62. The molecular formula is C12H15ClN4O3S. The number of hydrogen-bond donors (Lipinski definition) is 2. The Morgan fingerprint density at radius 2 is 2.14 bits per heavy atom. The summed E-state index contributed by atoms with van der Waals surface area (Å²) in [6, 6.07) is 5.03. The van der Waals surface area contributed by atoms with E-state index in [2.05, 4.69) is 9.71 Å². The second kappa shape index (κ2) is 5.28. The molecule has 2 aromatic heterocycles. The summed E-state index contributed by atoms with van der Waals surface area (Å²) in [7, 11) is -3.97. The van der Waals surface area contributed by atoms with Gasteiger partial charge in [-0.25, -0.2) is 18.1 Å². The van der Waals surface area contributed by atoms with Crippen LogP contribution in [0.25, 0.3) is 5.65 Å². The lowest BCUT2D eigenvalue weighted by atomic mass is 10.0. The average molecular weight is 331 g/mol. The Labute approximate surface area is 127 Å². The molecule has 0 aliphatic carbocycles. The molecule has 21 heavy (non-hydrogen) atoms. The fourth-order valence-corrected chi connectivity index (χ4v) is 4.13. The number of fused-ring (bicyclic) bond motifs is 1. The molecule has 0 spiro atoms. The lowest BCUT2D eigenvalue weighted by Gasteiger charge is -2.24. The highest BCUT2D eigenvalue weighted by atomic mass is 35.5. The van der Waals surface area contributed by atoms with E-state index in [1.807, 2.05) is 0 Å². The normalized spacial score (nSPS) is 12.7. The zero-order valence-electron chi connectivity index (χ0n) is 11.5. The quantitative estimate of drug-likeness (QED) is 0.850. The molecule has 1 amide bonds. The summed E-state index contributed by atoms with van der Waals surface area (Å²) >= 11 is 5.94. The van der Waals surface area contributed by atoms with E-state index in [9.17, 15) is 13.2 Å². The van der Waals surface area contributed by atoms with Crippen molar-refractivity contribution in [2.75, 3.05) is 0 Å². The van der Waals surface area contributed by atoms with Crippen LogP contribution in [0.5, 0.6) is 0 Å². The number of rotatable bonds is 5. The van der Waals surface area contributed by atoms with Crippen LogP contribution in [0.3, 0.4) is 0 Å². The maximum Gasteiger partial charge on any atom is 0.260 e. The summed E-state index contributed by atoms with van der Waals surface area (Å²) in [4.78, 5) is 15.0. The van der Waals surface area contributed by atoms with Crippen LogP contribution in [0.15, 0.2) is 29.4 Å². The molecule has 0 radical (unpaired) electrons. The highest BCUT2D eigenvalue weighted by molar-refractivity contribution is 7.89. The fourth-order valence-electron chi connectivity index (χ4n) is 2.07. The monoisotopic (exact) mass is 330 g/mol. The molecule has 0 unspecified atom stereocenters. The molecule has 114 valence electrons. The number of primary amides is 1. The Hall–Kier alpha value is -1.64. The second-order valence-electron chi connectivity index (χ2n) is 5.27. The van der Waals surface area contributed by atoms with Crippen LogP contribution in [0.2, 0.25) is 5.15 Å². The van der Waals surface area contributed by atoms with E-state index in [1.165, 1.54) is 4.40 Å². The number of amides is 1. The molecule has 2 aromatic rings. The molecule has 7 nitrogen and oxygen atoms in total. The highest BCUT2D eigenvalue weighted by Crippen LogP contribution is 2.24. The van der Waals surface area contributed by atoms with E-state index in [1.54, 1.807) is 38.2 Å². The van der Waals surface area contributed by atoms with Gasteiger partial charge in [-0.1, -0.05) is 17.7 Å². The molecule has 0 fully saturated rings. The smallest absolute Gasteiger partial charge is 0.260 e. The van der Waals surface area contributed by atoms with Crippen LogP contribution in [0, 0.1) is 0 Å². The predicted molar refractivity (Wildman–Crippen MR) is 78.4 cm³/mol. The summed E-state index contributed by atoms with van der Waals surface area (Å²) in [5.74, 6) is -0.605. The number of sulfonamides is 1. The third-order valence-electron chi connectivity index (χ3n) is 2.73. The van der Waals surface area contributed by atoms with Crippen LogP contribution in [-0.4, -0.2) is 29.2 Å². The molecule has 0 atom stereocenters. The standard InChI is InChI=1S/C12H15ClN4O3S/c1-12(2,7-8(14)18)16-21(19,20)11-10(13)15-9-5-3-4-6-17(9)11/h3-6,16H,7H2,1-2H3,(H2,14,18). The number of hydrogen-bond acceptors (Lipinski definition) is 4. The van der Waals surface area contributed by atoms with Crippen molar-refractivity contribution in [1.29, 1.82) is 0 Å². The number of pyridine rings is 1. The van der Waals surface area contributed by atoms with Crippen molar-refractivity contribution < 1.29 is 13.2 Å². The predicted octanol–water partition coefficient (Wildman–Crippen LogP) is 0.920. The minimum atomic E-state index is -3.97. The summed E-state index contributed by atoms with van der Waals surface area (Å²) in [5.41, 5.74) is 4.50. The van der Waals surface area contributed by atoms with Gasteiger partial charge < -0.3 is 5.73 Å². The molecule has 0 aliphatic rings. The number of imidazole rings is 1. The number of nitrogens with one attached hydrogen (secondary N) is 1. The molecule has 3 N–H and O–H groups in total. The van der Waals surface area contributed by atoms with E-state index in [0.29, 0.717) is 5.65 Å². The van der Waals surface area contributed by atoms with Crippen molar-refractivity contribution in [1.82, 2.24) is 14.1 Å². The topological polar surface area (TPSA) is 107 Å². The molecule has 0 saturated carbocycles. The number of halogens is 1. The Balaban J connectivity index is 2.48. The molecule has 2 rings (SSSR count). The lowest BCUT2D eigenvalue weighted by molar-refractivity contribution is -0.119. The third-order valence-corrected chi connectivity index (χ3v) is 4.82. The van der Waals surface area contributed by atoms with Crippen molar-refractivity contribution >= 4 is 33.2 Å². The van der Waals surface area contributed by atoms with Gasteiger partial charge in [-0.15, -0.1) is 0 Å². The number of nitrogens with zero attached hydrogens (tertiary/aromatic N) is 2. The number of carbonyl (C=O) groups is 1. The highest BCUT2D eigenvalue weighted by Gasteiger charge is 2.32. The van der Waals surface area contributed by atoms with E-state index in [-0.39, 0.29) is 16.6 Å². The minimum absolute atomic E-state index is 0.136. The molecule has 9 heteroatoms. The first-order valence-corrected chi connectivity index (χ1v) is 7.93. The first kappa shape index (κ1) is 15.7. The Kier molecular flexibility index (Phi) is 3.96. The SMILES string of the molecule is CC(C)(CC(N)=O)NS(=O)(=O)c1c(Cl)nc2ccccn12. The Morgan fingerprint density at radius 3 is 2.76 bits per heavy atom. The molecule has 2 heterocycles. The maximum absolute atomic E-state index is 12.5. The van der Waals surface area contributed by atoms with E-state index >= 15 is 0 Å². The van der Waals surface area contributed by atoms with Crippen molar-refractivity contribution in [2.45, 2.75) is 30.8 Å². The number of carbonyl (C=O) groups excluding carboxylic acids is 1.